The summed E-state index contributed by atoms with van der Waals surface area (Å²) in [5.74, 6) is 0.131. The van der Waals surface area contributed by atoms with Gasteiger partial charge in [-0.05, 0) is 25.1 Å². The Balaban J connectivity index is 2.06. The highest BCUT2D eigenvalue weighted by molar-refractivity contribution is 5.46. The molecule has 4 heteroatoms. The number of nitrogens with zero attached hydrogens (tertiary/aromatic N) is 1. The molecule has 0 radical (unpaired) electrons. The minimum absolute atomic E-state index is 0.0950. The standard InChI is InChI=1S/C13H19FN2O/c1-2-16(7-10-8-17-9-13(10)15)12-5-3-4-11(14)6-12/h3-6,10,13H,2,7-9,15H2,1H3. The van der Waals surface area contributed by atoms with E-state index in [9.17, 15) is 4.39 Å². The second-order valence-corrected chi connectivity index (χ2v) is 4.48. The summed E-state index contributed by atoms with van der Waals surface area (Å²) >= 11 is 0. The van der Waals surface area contributed by atoms with Gasteiger partial charge in [-0.2, -0.15) is 0 Å². The average Bonchev–Trinajstić information content (AvgIpc) is 2.71. The molecule has 2 rings (SSSR count). The molecule has 0 aromatic heterocycles. The van der Waals surface area contributed by atoms with Crippen LogP contribution in [0.3, 0.4) is 0 Å². The molecule has 0 saturated carbocycles. The number of ether oxygens (including phenoxy) is 1. The fourth-order valence-corrected chi connectivity index (χ4v) is 2.18. The number of hydrogen-bond donors (Lipinski definition) is 1. The van der Waals surface area contributed by atoms with Crippen LogP contribution >= 0.6 is 0 Å². The Morgan fingerprint density at radius 3 is 2.88 bits per heavy atom. The van der Waals surface area contributed by atoms with Gasteiger partial charge in [0.25, 0.3) is 0 Å². The van der Waals surface area contributed by atoms with Gasteiger partial charge >= 0.3 is 0 Å². The summed E-state index contributed by atoms with van der Waals surface area (Å²) in [6.45, 7) is 5.05. The second kappa shape index (κ2) is 5.47. The molecule has 2 unspecified atom stereocenters. The molecular formula is C13H19FN2O. The molecule has 0 spiro atoms. The first kappa shape index (κ1) is 12.3. The molecule has 0 bridgehead atoms. The summed E-state index contributed by atoms with van der Waals surface area (Å²) < 4.78 is 18.5. The Morgan fingerprint density at radius 1 is 1.47 bits per heavy atom. The molecule has 3 nitrogen and oxygen atoms in total. The van der Waals surface area contributed by atoms with Crippen LogP contribution in [0.1, 0.15) is 6.92 Å². The van der Waals surface area contributed by atoms with E-state index in [1.165, 1.54) is 6.07 Å². The third-order valence-corrected chi connectivity index (χ3v) is 3.26. The topological polar surface area (TPSA) is 38.5 Å². The summed E-state index contributed by atoms with van der Waals surface area (Å²) in [5, 5.41) is 0. The maximum Gasteiger partial charge on any atom is 0.125 e. The molecular weight excluding hydrogens is 219 g/mol. The number of nitrogens with two attached hydrogens (primary N) is 1. The van der Waals surface area contributed by atoms with Crippen molar-refractivity contribution in [2.24, 2.45) is 11.7 Å². The third kappa shape index (κ3) is 2.96. The van der Waals surface area contributed by atoms with Gasteiger partial charge in [-0.3, -0.25) is 0 Å². The van der Waals surface area contributed by atoms with Crippen molar-refractivity contribution in [2.45, 2.75) is 13.0 Å². The van der Waals surface area contributed by atoms with Gasteiger partial charge in [0, 0.05) is 30.7 Å². The summed E-state index contributed by atoms with van der Waals surface area (Å²) in [5.41, 5.74) is 6.87. The SMILES string of the molecule is CCN(CC1COCC1N)c1cccc(F)c1. The van der Waals surface area contributed by atoms with E-state index in [2.05, 4.69) is 11.8 Å². The zero-order chi connectivity index (χ0) is 12.3. The molecule has 0 amide bonds. The Hall–Kier alpha value is -1.13. The minimum atomic E-state index is -0.201. The number of hydrogen-bond acceptors (Lipinski definition) is 3. The molecule has 17 heavy (non-hydrogen) atoms. The Kier molecular flexibility index (Phi) is 3.97. The van der Waals surface area contributed by atoms with Crippen LogP contribution in [-0.4, -0.2) is 32.3 Å². The summed E-state index contributed by atoms with van der Waals surface area (Å²) in [7, 11) is 0. The van der Waals surface area contributed by atoms with Gasteiger partial charge in [0.05, 0.1) is 13.2 Å². The monoisotopic (exact) mass is 238 g/mol. The van der Waals surface area contributed by atoms with Gasteiger partial charge in [0.15, 0.2) is 0 Å². The lowest BCUT2D eigenvalue weighted by molar-refractivity contribution is 0.185. The van der Waals surface area contributed by atoms with Crippen molar-refractivity contribution in [1.82, 2.24) is 0 Å². The Morgan fingerprint density at radius 2 is 2.29 bits per heavy atom. The molecule has 1 aromatic carbocycles. The van der Waals surface area contributed by atoms with Gasteiger partial charge in [-0.1, -0.05) is 6.07 Å². The molecule has 2 N–H and O–H groups in total. The van der Waals surface area contributed by atoms with E-state index >= 15 is 0 Å². The zero-order valence-corrected chi connectivity index (χ0v) is 10.1. The largest absolute Gasteiger partial charge is 0.379 e. The first-order valence-electron chi connectivity index (χ1n) is 6.04. The van der Waals surface area contributed by atoms with Crippen LogP contribution in [0.25, 0.3) is 0 Å². The quantitative estimate of drug-likeness (QED) is 0.866. The molecule has 2 atom stereocenters. The van der Waals surface area contributed by atoms with Crippen LogP contribution in [0.4, 0.5) is 10.1 Å². The summed E-state index contributed by atoms with van der Waals surface area (Å²) in [4.78, 5) is 2.14. The highest BCUT2D eigenvalue weighted by Crippen LogP contribution is 2.20. The first-order valence-corrected chi connectivity index (χ1v) is 6.04. The minimum Gasteiger partial charge on any atom is -0.379 e. The lowest BCUT2D eigenvalue weighted by Gasteiger charge is -2.27. The zero-order valence-electron chi connectivity index (χ0n) is 10.1. The van der Waals surface area contributed by atoms with Crippen molar-refractivity contribution in [3.8, 4) is 0 Å². The van der Waals surface area contributed by atoms with Crippen LogP contribution in [0.5, 0.6) is 0 Å². The normalized spacial score (nSPS) is 23.9. The fraction of sp³-hybridized carbons (Fsp3) is 0.538. The highest BCUT2D eigenvalue weighted by Gasteiger charge is 2.26. The van der Waals surface area contributed by atoms with Gasteiger partial charge in [0.2, 0.25) is 0 Å². The van der Waals surface area contributed by atoms with Crippen molar-refractivity contribution < 1.29 is 9.13 Å². The molecule has 1 heterocycles. The first-order chi connectivity index (χ1) is 8.20. The van der Waals surface area contributed by atoms with E-state index in [4.69, 9.17) is 10.5 Å². The van der Waals surface area contributed by atoms with Crippen LogP contribution < -0.4 is 10.6 Å². The molecule has 1 aromatic rings. The summed E-state index contributed by atoms with van der Waals surface area (Å²) in [6, 6.07) is 6.77. The molecule has 94 valence electrons. The predicted octanol–water partition coefficient (Wildman–Crippen LogP) is 1.63. The van der Waals surface area contributed by atoms with Crippen molar-refractivity contribution in [3.63, 3.8) is 0 Å². The van der Waals surface area contributed by atoms with Crippen molar-refractivity contribution in [2.75, 3.05) is 31.2 Å². The maximum atomic E-state index is 13.2. The Bertz CT molecular complexity index is 372. The van der Waals surface area contributed by atoms with Gasteiger partial charge in [-0.15, -0.1) is 0 Å². The van der Waals surface area contributed by atoms with E-state index in [-0.39, 0.29) is 11.9 Å². The summed E-state index contributed by atoms with van der Waals surface area (Å²) in [6.07, 6.45) is 0. The third-order valence-electron chi connectivity index (χ3n) is 3.26. The lowest BCUT2D eigenvalue weighted by atomic mass is 10.0. The maximum absolute atomic E-state index is 13.2. The van der Waals surface area contributed by atoms with E-state index < -0.39 is 0 Å². The average molecular weight is 238 g/mol. The number of halogens is 1. The van der Waals surface area contributed by atoms with E-state index in [1.54, 1.807) is 12.1 Å². The molecule has 0 aliphatic carbocycles. The van der Waals surface area contributed by atoms with Crippen LogP contribution in [0.2, 0.25) is 0 Å². The number of rotatable bonds is 4. The molecule has 1 aliphatic rings. The van der Waals surface area contributed by atoms with Crippen LogP contribution in [0.15, 0.2) is 24.3 Å². The van der Waals surface area contributed by atoms with Crippen LogP contribution in [0, 0.1) is 11.7 Å². The van der Waals surface area contributed by atoms with Gasteiger partial charge in [-0.25, -0.2) is 4.39 Å². The number of anilines is 1. The van der Waals surface area contributed by atoms with Crippen molar-refractivity contribution in [1.29, 1.82) is 0 Å². The van der Waals surface area contributed by atoms with Crippen molar-refractivity contribution >= 4 is 5.69 Å². The smallest absolute Gasteiger partial charge is 0.125 e. The predicted molar refractivity (Wildman–Crippen MR) is 66.6 cm³/mol. The fourth-order valence-electron chi connectivity index (χ4n) is 2.18. The lowest BCUT2D eigenvalue weighted by Crippen LogP contribution is -2.38. The molecule has 1 saturated heterocycles. The molecule has 1 aliphatic heterocycles. The van der Waals surface area contributed by atoms with E-state index in [0.717, 1.165) is 18.8 Å². The molecule has 1 fully saturated rings. The van der Waals surface area contributed by atoms with E-state index in [1.807, 2.05) is 6.07 Å². The van der Waals surface area contributed by atoms with Gasteiger partial charge in [0.1, 0.15) is 5.82 Å². The van der Waals surface area contributed by atoms with Crippen molar-refractivity contribution in [3.05, 3.63) is 30.1 Å². The highest BCUT2D eigenvalue weighted by atomic mass is 19.1. The van der Waals surface area contributed by atoms with E-state index in [0.29, 0.717) is 19.1 Å². The van der Waals surface area contributed by atoms with Crippen LogP contribution in [-0.2, 0) is 4.74 Å². The number of benzene rings is 1. The second-order valence-electron chi connectivity index (χ2n) is 4.48. The Labute approximate surface area is 101 Å². The van der Waals surface area contributed by atoms with Gasteiger partial charge < -0.3 is 15.4 Å².